The number of aryl methyl sites for hydroxylation is 2. The Morgan fingerprint density at radius 2 is 1.38 bits per heavy atom. The van der Waals surface area contributed by atoms with Gasteiger partial charge in [0.05, 0.1) is 44.0 Å². The predicted octanol–water partition coefficient (Wildman–Crippen LogP) is 6.75. The summed E-state index contributed by atoms with van der Waals surface area (Å²) >= 11 is 0. The molecule has 0 radical (unpaired) electrons. The van der Waals surface area contributed by atoms with E-state index in [-0.39, 0.29) is 73.3 Å². The van der Waals surface area contributed by atoms with Gasteiger partial charge in [-0.25, -0.2) is 0 Å². The van der Waals surface area contributed by atoms with E-state index >= 15 is 0 Å². The highest BCUT2D eigenvalue weighted by Gasteiger charge is 2.50. The lowest BCUT2D eigenvalue weighted by Gasteiger charge is -2.41. The van der Waals surface area contributed by atoms with Crippen molar-refractivity contribution in [2.24, 2.45) is 36.6 Å². The van der Waals surface area contributed by atoms with Crippen LogP contribution in [0.4, 0.5) is 0 Å². The molecule has 0 aliphatic carbocycles. The highest BCUT2D eigenvalue weighted by Crippen LogP contribution is 2.33. The van der Waals surface area contributed by atoms with E-state index < -0.39 is 47.3 Å². The minimum atomic E-state index is -0.940. The minimum absolute atomic E-state index is 0.00677. The molecule has 0 spiro atoms. The summed E-state index contributed by atoms with van der Waals surface area (Å²) in [5, 5.41) is 14.2. The van der Waals surface area contributed by atoms with Crippen LogP contribution in [0.25, 0.3) is 0 Å². The zero-order valence-corrected chi connectivity index (χ0v) is 44.1. The predicted molar refractivity (Wildman–Crippen MR) is 275 cm³/mol. The number of ether oxygens (including phenoxy) is 4. The van der Waals surface area contributed by atoms with E-state index in [4.69, 9.17) is 18.9 Å². The maximum atomic E-state index is 14.7. The first kappa shape index (κ1) is 56.2. The van der Waals surface area contributed by atoms with E-state index in [1.165, 1.54) is 0 Å². The molecule has 2 amide bonds. The maximum Gasteiger partial charge on any atom is 0.313 e. The van der Waals surface area contributed by atoms with Crippen molar-refractivity contribution in [1.29, 1.82) is 0 Å². The zero-order valence-electron chi connectivity index (χ0n) is 44.1. The Labute approximate surface area is 430 Å². The number of rotatable bonds is 29. The second-order valence-electron chi connectivity index (χ2n) is 21.5. The Bertz CT molecular complexity index is 2480. The molecule has 6 rings (SSSR count). The van der Waals surface area contributed by atoms with Gasteiger partial charge < -0.3 is 34.1 Å². The van der Waals surface area contributed by atoms with Crippen LogP contribution in [0.2, 0.25) is 0 Å². The number of hydrogen-bond donors (Lipinski definition) is 2. The van der Waals surface area contributed by atoms with Crippen molar-refractivity contribution in [3.63, 3.8) is 0 Å². The molecule has 16 nitrogen and oxygen atoms in total. The maximum absolute atomic E-state index is 14.7. The van der Waals surface area contributed by atoms with Crippen LogP contribution in [-0.2, 0) is 71.3 Å². The zero-order chi connectivity index (χ0) is 52.7. The molecule has 0 bridgehead atoms. The fourth-order valence-corrected chi connectivity index (χ4v) is 9.39. The van der Waals surface area contributed by atoms with Crippen molar-refractivity contribution in [3.05, 3.63) is 107 Å². The average Bonchev–Trinajstić information content (AvgIpc) is 3.97. The van der Waals surface area contributed by atoms with Gasteiger partial charge in [-0.15, -0.1) is 5.10 Å². The number of ketones is 3. The topological polar surface area (TPSA) is 197 Å². The lowest BCUT2D eigenvalue weighted by Crippen LogP contribution is -2.57. The highest BCUT2D eigenvalue weighted by molar-refractivity contribution is 5.98. The molecule has 2 saturated heterocycles. The number of hydrogen-bond acceptors (Lipinski definition) is 12. The lowest BCUT2D eigenvalue weighted by atomic mass is 9.87. The molecule has 16 heteroatoms. The highest BCUT2D eigenvalue weighted by atomic mass is 16.6. The summed E-state index contributed by atoms with van der Waals surface area (Å²) in [4.78, 5) is 84.5. The van der Waals surface area contributed by atoms with Gasteiger partial charge in [0, 0.05) is 37.3 Å². The van der Waals surface area contributed by atoms with Gasteiger partial charge in [-0.3, -0.25) is 33.4 Å². The molecule has 0 unspecified atom stereocenters. The first-order valence-corrected chi connectivity index (χ1v) is 26.0. The average molecular weight is 1010 g/mol. The number of nitrogens with zero attached hydrogens (tertiary/aromatic N) is 4. The van der Waals surface area contributed by atoms with Crippen LogP contribution >= 0.6 is 0 Å². The number of carbonyl (C=O) groups is 6. The van der Waals surface area contributed by atoms with Crippen molar-refractivity contribution in [2.45, 2.75) is 124 Å². The number of carbonyl (C=O) groups excluding carboxylic acids is 6. The molecule has 2 fully saturated rings. The molecular formula is C57H77N6O10+. The molecule has 2 aliphatic heterocycles. The molecule has 73 heavy (non-hydrogen) atoms. The van der Waals surface area contributed by atoms with Gasteiger partial charge in [-0.2, -0.15) is 0 Å². The van der Waals surface area contributed by atoms with E-state index in [0.29, 0.717) is 81.1 Å². The van der Waals surface area contributed by atoms with E-state index in [1.807, 2.05) is 100 Å². The fraction of sp³-hybridized carbons (Fsp3) is 0.544. The van der Waals surface area contributed by atoms with Crippen LogP contribution in [-0.4, -0.2) is 112 Å². The van der Waals surface area contributed by atoms with Gasteiger partial charge in [0.25, 0.3) is 0 Å². The monoisotopic (exact) mass is 1010 g/mol. The fourth-order valence-electron chi connectivity index (χ4n) is 9.39. The Kier molecular flexibility index (Phi) is 20.2. The standard InChI is InChI=1S/C57H76N6O10/c1-38(2)27-48(50(65)32-45(29-42-17-13-10-14-18-42)55(68)59-49(28-39(3)4)53(66)57(7)37-72-57)58-54(67)44(21-19-41-15-11-9-12-16-41)31-47(64)35-63(23-25-70-26-24-63)34-43-20-22-51(73-56(69)40(5)6)52(30-43)71-36-46-33-62(8)61-60-46/h9-18,20,22,30,33,38-40,44-45,48-49H,19,21,23-29,31-32,34-37H2,1-8H3,(H-,58,59,67,68)/p+1/t44-,45-,48+,49+,57-/m1/s1. The molecule has 3 heterocycles. The number of aromatic nitrogens is 3. The van der Waals surface area contributed by atoms with Gasteiger partial charge >= 0.3 is 5.97 Å². The third kappa shape index (κ3) is 17.2. The Hall–Kier alpha value is -6.10. The number of morpholine rings is 1. The number of nitrogens with one attached hydrogen (secondary N) is 2. The van der Waals surface area contributed by atoms with Gasteiger partial charge in [-0.1, -0.05) is 107 Å². The number of epoxide rings is 1. The third-order valence-corrected chi connectivity index (χ3v) is 13.6. The van der Waals surface area contributed by atoms with E-state index in [9.17, 15) is 28.8 Å². The summed E-state index contributed by atoms with van der Waals surface area (Å²) < 4.78 is 25.2. The molecule has 3 aromatic carbocycles. The quantitative estimate of drug-likeness (QED) is 0.0252. The second-order valence-corrected chi connectivity index (χ2v) is 21.5. The van der Waals surface area contributed by atoms with Crippen molar-refractivity contribution < 1.29 is 52.2 Å². The summed E-state index contributed by atoms with van der Waals surface area (Å²) in [5.74, 6) is -2.99. The summed E-state index contributed by atoms with van der Waals surface area (Å²) in [5.41, 5.74) is 2.39. The number of amides is 2. The normalized spacial score (nSPS) is 17.8. The number of benzene rings is 3. The van der Waals surface area contributed by atoms with Crippen LogP contribution in [0.1, 0.15) is 103 Å². The van der Waals surface area contributed by atoms with Crippen LogP contribution in [0.5, 0.6) is 11.5 Å². The largest absolute Gasteiger partial charge is 0.483 e. The molecule has 1 aromatic heterocycles. The number of Topliss-reactive ketones (excluding diaryl/α,β-unsaturated/α-hetero) is 3. The van der Waals surface area contributed by atoms with Gasteiger partial charge in [-0.05, 0) is 80.2 Å². The number of esters is 1. The van der Waals surface area contributed by atoms with Crippen LogP contribution in [0, 0.1) is 29.6 Å². The first-order chi connectivity index (χ1) is 34.8. The van der Waals surface area contributed by atoms with Crippen LogP contribution in [0.3, 0.4) is 0 Å². The molecular weight excluding hydrogens is 929 g/mol. The molecule has 0 saturated carbocycles. The molecule has 394 valence electrons. The van der Waals surface area contributed by atoms with E-state index in [1.54, 1.807) is 44.8 Å². The van der Waals surface area contributed by atoms with Gasteiger partial charge in [0.15, 0.2) is 28.8 Å². The smallest absolute Gasteiger partial charge is 0.313 e. The number of quaternary nitrogens is 1. The molecule has 2 aliphatic rings. The summed E-state index contributed by atoms with van der Waals surface area (Å²) in [6.45, 7) is 16.1. The van der Waals surface area contributed by atoms with Crippen molar-refractivity contribution in [2.75, 3.05) is 39.5 Å². The van der Waals surface area contributed by atoms with Crippen LogP contribution < -0.4 is 20.1 Å². The van der Waals surface area contributed by atoms with Crippen molar-refractivity contribution in [3.8, 4) is 11.5 Å². The Morgan fingerprint density at radius 1 is 0.767 bits per heavy atom. The SMILES string of the molecule is CC(C)C[C@H](NC(=O)[C@H](CCc1ccccc1)CC(=O)C[N+]1(Cc2ccc(OC(=O)C(C)C)c(OCc3cn(C)nn3)c2)CCOCC1)C(=O)C[C@@H](Cc1ccccc1)C(=O)N[C@@H](CC(C)C)C(=O)[C@@]1(C)CO1. The first-order valence-electron chi connectivity index (χ1n) is 26.0. The second kappa shape index (κ2) is 26.2. The van der Waals surface area contributed by atoms with Gasteiger partial charge in [0.1, 0.15) is 44.1 Å². The van der Waals surface area contributed by atoms with Crippen molar-refractivity contribution in [1.82, 2.24) is 25.6 Å². The third-order valence-electron chi connectivity index (χ3n) is 13.6. The Morgan fingerprint density at radius 3 is 1.99 bits per heavy atom. The van der Waals surface area contributed by atoms with E-state index in [2.05, 4.69) is 20.9 Å². The summed E-state index contributed by atoms with van der Waals surface area (Å²) in [7, 11) is 1.76. The van der Waals surface area contributed by atoms with E-state index in [0.717, 1.165) is 16.7 Å². The van der Waals surface area contributed by atoms with Crippen LogP contribution in [0.15, 0.2) is 85.1 Å². The lowest BCUT2D eigenvalue weighted by molar-refractivity contribution is -0.940. The minimum Gasteiger partial charge on any atom is -0.483 e. The molecule has 2 N–H and O–H groups in total. The summed E-state index contributed by atoms with van der Waals surface area (Å²) in [6, 6.07) is 23.0. The Balaban J connectivity index is 1.21. The summed E-state index contributed by atoms with van der Waals surface area (Å²) in [6.07, 6.45) is 3.42. The molecule has 4 aromatic rings. The van der Waals surface area contributed by atoms with Crippen molar-refractivity contribution >= 4 is 35.1 Å². The molecule has 5 atom stereocenters. The van der Waals surface area contributed by atoms with Gasteiger partial charge in [0.2, 0.25) is 11.8 Å².